The molecule has 21 heavy (non-hydrogen) atoms. The number of nitrogens with zero attached hydrogens (tertiary/aromatic N) is 4. The maximum absolute atomic E-state index is 6.12. The van der Waals surface area contributed by atoms with Crippen LogP contribution in [0.2, 0.25) is 0 Å². The molecule has 0 radical (unpaired) electrons. The molecular weight excluding hydrogens is 288 g/mol. The molecule has 1 aliphatic carbocycles. The molecule has 0 aliphatic heterocycles. The van der Waals surface area contributed by atoms with Gasteiger partial charge in [-0.25, -0.2) is 9.97 Å². The van der Waals surface area contributed by atoms with Crippen LogP contribution < -0.4 is 4.74 Å². The van der Waals surface area contributed by atoms with Crippen LogP contribution in [-0.4, -0.2) is 26.6 Å². The first-order chi connectivity index (χ1) is 10.3. The van der Waals surface area contributed by atoms with E-state index in [2.05, 4.69) is 19.5 Å². The molecule has 114 valence electrons. The average molecular weight is 309 g/mol. The maximum atomic E-state index is 6.12. The van der Waals surface area contributed by atoms with Crippen molar-refractivity contribution in [3.8, 4) is 5.88 Å². The highest BCUT2D eigenvalue weighted by atomic mass is 35.5. The van der Waals surface area contributed by atoms with Gasteiger partial charge >= 0.3 is 0 Å². The van der Waals surface area contributed by atoms with Crippen molar-refractivity contribution in [2.75, 3.05) is 7.11 Å². The van der Waals surface area contributed by atoms with Gasteiger partial charge in [0.25, 0.3) is 0 Å². The molecule has 2 heterocycles. The van der Waals surface area contributed by atoms with Gasteiger partial charge in [-0.05, 0) is 12.8 Å². The Labute approximate surface area is 129 Å². The minimum absolute atomic E-state index is 0.385. The number of fused-ring (bicyclic) bond motifs is 1. The summed E-state index contributed by atoms with van der Waals surface area (Å²) in [6, 6.07) is 0.434. The fourth-order valence-electron chi connectivity index (χ4n) is 3.25. The molecule has 0 saturated heterocycles. The second-order valence-electron chi connectivity index (χ2n) is 5.59. The molecule has 5 nitrogen and oxygen atoms in total. The van der Waals surface area contributed by atoms with E-state index in [4.69, 9.17) is 16.3 Å². The number of rotatable bonds is 3. The first kappa shape index (κ1) is 14.6. The van der Waals surface area contributed by atoms with Gasteiger partial charge in [-0.2, -0.15) is 4.98 Å². The average Bonchev–Trinajstić information content (AvgIpc) is 2.85. The predicted octanol–water partition coefficient (Wildman–Crippen LogP) is 3.86. The fraction of sp³-hybridized carbons (Fsp3) is 0.667. The Bertz CT molecular complexity index is 605. The van der Waals surface area contributed by atoms with Gasteiger partial charge < -0.3 is 9.30 Å². The second-order valence-corrected chi connectivity index (χ2v) is 5.85. The monoisotopic (exact) mass is 308 g/mol. The number of imidazole rings is 1. The van der Waals surface area contributed by atoms with Crippen molar-refractivity contribution < 1.29 is 4.74 Å². The summed E-state index contributed by atoms with van der Waals surface area (Å²) in [6.07, 6.45) is 10.4. The van der Waals surface area contributed by atoms with Gasteiger partial charge in [0.2, 0.25) is 5.88 Å². The van der Waals surface area contributed by atoms with E-state index in [9.17, 15) is 0 Å². The third-order valence-corrected chi connectivity index (χ3v) is 4.51. The highest BCUT2D eigenvalue weighted by molar-refractivity contribution is 6.16. The van der Waals surface area contributed by atoms with Crippen molar-refractivity contribution in [1.82, 2.24) is 19.5 Å². The van der Waals surface area contributed by atoms with Crippen molar-refractivity contribution >= 4 is 22.8 Å². The van der Waals surface area contributed by atoms with Crippen LogP contribution in [0.25, 0.3) is 11.2 Å². The summed E-state index contributed by atoms with van der Waals surface area (Å²) in [5.74, 6) is 1.78. The largest absolute Gasteiger partial charge is 0.479 e. The van der Waals surface area contributed by atoms with Crippen molar-refractivity contribution in [1.29, 1.82) is 0 Å². The minimum atomic E-state index is 0.385. The Morgan fingerprint density at radius 1 is 1.19 bits per heavy atom. The van der Waals surface area contributed by atoms with E-state index in [1.807, 2.05) is 0 Å². The summed E-state index contributed by atoms with van der Waals surface area (Å²) in [6.45, 7) is 0. The maximum Gasteiger partial charge on any atom is 0.245 e. The van der Waals surface area contributed by atoms with Crippen molar-refractivity contribution in [3.05, 3.63) is 12.2 Å². The van der Waals surface area contributed by atoms with E-state index in [-0.39, 0.29) is 0 Å². The molecule has 0 N–H and O–H groups in total. The molecule has 0 spiro atoms. The first-order valence-electron chi connectivity index (χ1n) is 7.67. The number of hydrogen-bond donors (Lipinski definition) is 0. The van der Waals surface area contributed by atoms with Gasteiger partial charge in [0.1, 0.15) is 12.2 Å². The van der Waals surface area contributed by atoms with Crippen LogP contribution >= 0.6 is 11.6 Å². The molecule has 6 heteroatoms. The Morgan fingerprint density at radius 2 is 1.90 bits per heavy atom. The molecule has 1 aliphatic rings. The van der Waals surface area contributed by atoms with Crippen LogP contribution in [0.4, 0.5) is 0 Å². The number of hydrogen-bond acceptors (Lipinski definition) is 4. The lowest BCUT2D eigenvalue weighted by molar-refractivity contribution is 0.371. The molecule has 0 amide bonds. The van der Waals surface area contributed by atoms with E-state index in [1.54, 1.807) is 13.4 Å². The van der Waals surface area contributed by atoms with Gasteiger partial charge in [-0.3, -0.25) is 0 Å². The molecule has 1 saturated carbocycles. The lowest BCUT2D eigenvalue weighted by atomic mass is 9.96. The predicted molar refractivity (Wildman–Crippen MR) is 82.8 cm³/mol. The molecule has 0 unspecified atom stereocenters. The quantitative estimate of drug-likeness (QED) is 0.808. The van der Waals surface area contributed by atoms with Crippen LogP contribution in [0.15, 0.2) is 6.33 Å². The van der Waals surface area contributed by atoms with E-state index in [1.165, 1.54) is 44.9 Å². The number of methoxy groups -OCH3 is 1. The Morgan fingerprint density at radius 3 is 2.57 bits per heavy atom. The Kier molecular flexibility index (Phi) is 4.58. The lowest BCUT2D eigenvalue weighted by Crippen LogP contribution is -2.14. The van der Waals surface area contributed by atoms with Crippen LogP contribution in [0.3, 0.4) is 0 Å². The van der Waals surface area contributed by atoms with Crippen LogP contribution in [0.5, 0.6) is 5.88 Å². The third kappa shape index (κ3) is 2.84. The summed E-state index contributed by atoms with van der Waals surface area (Å²) >= 11 is 6.12. The van der Waals surface area contributed by atoms with Crippen molar-refractivity contribution in [2.45, 2.75) is 56.9 Å². The summed E-state index contributed by atoms with van der Waals surface area (Å²) in [5, 5.41) is 0. The van der Waals surface area contributed by atoms with Crippen molar-refractivity contribution in [2.24, 2.45) is 0 Å². The van der Waals surface area contributed by atoms with E-state index < -0.39 is 0 Å². The van der Waals surface area contributed by atoms with Gasteiger partial charge in [0.05, 0.1) is 13.0 Å². The molecule has 0 aromatic carbocycles. The van der Waals surface area contributed by atoms with E-state index >= 15 is 0 Å². The summed E-state index contributed by atoms with van der Waals surface area (Å²) in [5.41, 5.74) is 1.57. The highest BCUT2D eigenvalue weighted by Gasteiger charge is 2.22. The zero-order valence-corrected chi connectivity index (χ0v) is 13.1. The smallest absolute Gasteiger partial charge is 0.245 e. The summed E-state index contributed by atoms with van der Waals surface area (Å²) in [4.78, 5) is 13.2. The molecule has 0 bridgehead atoms. The number of halogens is 1. The van der Waals surface area contributed by atoms with Gasteiger partial charge in [0.15, 0.2) is 11.2 Å². The molecular formula is C15H21ClN4O. The first-order valence-corrected chi connectivity index (χ1v) is 8.20. The van der Waals surface area contributed by atoms with Gasteiger partial charge in [-0.15, -0.1) is 11.6 Å². The van der Waals surface area contributed by atoms with Gasteiger partial charge in [0, 0.05) is 6.04 Å². The molecule has 1 fully saturated rings. The zero-order valence-electron chi connectivity index (χ0n) is 12.4. The normalized spacial score (nSPS) is 17.6. The zero-order chi connectivity index (χ0) is 14.7. The van der Waals surface area contributed by atoms with Crippen LogP contribution in [0.1, 0.15) is 56.8 Å². The molecule has 2 aromatic heterocycles. The number of alkyl halides is 1. The second kappa shape index (κ2) is 6.60. The van der Waals surface area contributed by atoms with Gasteiger partial charge in [-0.1, -0.05) is 32.1 Å². The number of ether oxygens (including phenoxy) is 1. The van der Waals surface area contributed by atoms with Crippen LogP contribution in [0, 0.1) is 0 Å². The summed E-state index contributed by atoms with van der Waals surface area (Å²) in [7, 11) is 1.61. The summed E-state index contributed by atoms with van der Waals surface area (Å²) < 4.78 is 7.52. The molecule has 2 aromatic rings. The molecule has 0 atom stereocenters. The lowest BCUT2D eigenvalue weighted by Gasteiger charge is -2.23. The van der Waals surface area contributed by atoms with E-state index in [0.29, 0.717) is 17.8 Å². The standard InChI is InChI=1S/C15H21ClN4O/c1-21-15-13-14(17-10-18-15)20(12(9-16)19-13)11-7-5-3-2-4-6-8-11/h10-11H,2-9H2,1H3. The third-order valence-electron chi connectivity index (χ3n) is 4.27. The Balaban J connectivity index is 2.06. The highest BCUT2D eigenvalue weighted by Crippen LogP contribution is 2.32. The topological polar surface area (TPSA) is 52.8 Å². The van der Waals surface area contributed by atoms with Crippen LogP contribution in [-0.2, 0) is 5.88 Å². The Hall–Kier alpha value is -1.36. The molecule has 3 rings (SSSR count). The minimum Gasteiger partial charge on any atom is -0.479 e. The SMILES string of the molecule is COc1ncnc2c1nc(CCl)n2C1CCCCCCC1. The fourth-order valence-corrected chi connectivity index (χ4v) is 3.44. The van der Waals surface area contributed by atoms with E-state index in [0.717, 1.165) is 17.0 Å². The number of aromatic nitrogens is 4. The van der Waals surface area contributed by atoms with Crippen molar-refractivity contribution in [3.63, 3.8) is 0 Å².